The molecule has 4 nitrogen and oxygen atoms in total. The zero-order valence-electron chi connectivity index (χ0n) is 10.8. The van der Waals surface area contributed by atoms with Crippen molar-refractivity contribution in [2.45, 2.75) is 45.3 Å². The minimum absolute atomic E-state index is 0.0680. The molecule has 0 fully saturated rings. The van der Waals surface area contributed by atoms with E-state index in [1.54, 1.807) is 0 Å². The molecule has 1 unspecified atom stereocenters. The van der Waals surface area contributed by atoms with Gasteiger partial charge in [-0.2, -0.15) is 0 Å². The number of carbonyl (C=O) groups is 1. The third-order valence-corrected chi connectivity index (χ3v) is 3.36. The maximum Gasteiger partial charge on any atom is 0.242 e. The average molecular weight is 238 g/mol. The summed E-state index contributed by atoms with van der Waals surface area (Å²) in [6.07, 6.45) is 5.00. The molecule has 0 aromatic carbocycles. The Morgan fingerprint density at radius 2 is 1.88 bits per heavy atom. The topological polar surface area (TPSA) is 54.3 Å². The van der Waals surface area contributed by atoms with Crippen molar-refractivity contribution in [2.75, 3.05) is 6.54 Å². The van der Waals surface area contributed by atoms with Crippen molar-refractivity contribution >= 4 is 5.91 Å². The normalized spacial score (nSPS) is 13.4. The van der Waals surface area contributed by atoms with E-state index in [9.17, 15) is 9.90 Å². The standard InChI is InChI=1S/C13H22N2O2/c1-4-13(17,5-2)10-14-12(16)11(3)15-8-6-7-9-15/h6-9,11,17H,4-5,10H2,1-3H3,(H,14,16). The van der Waals surface area contributed by atoms with Crippen LogP contribution < -0.4 is 5.32 Å². The Hall–Kier alpha value is -1.29. The van der Waals surface area contributed by atoms with E-state index >= 15 is 0 Å². The van der Waals surface area contributed by atoms with Crippen LogP contribution in [-0.4, -0.2) is 27.7 Å². The second-order valence-electron chi connectivity index (χ2n) is 4.46. The molecule has 17 heavy (non-hydrogen) atoms. The summed E-state index contributed by atoms with van der Waals surface area (Å²) in [5.74, 6) is -0.0680. The fraction of sp³-hybridized carbons (Fsp3) is 0.615. The fourth-order valence-electron chi connectivity index (χ4n) is 1.64. The molecule has 1 aromatic heterocycles. The molecule has 1 atom stereocenters. The van der Waals surface area contributed by atoms with Crippen LogP contribution >= 0.6 is 0 Å². The molecule has 1 rings (SSSR count). The van der Waals surface area contributed by atoms with Crippen LogP contribution in [0.2, 0.25) is 0 Å². The smallest absolute Gasteiger partial charge is 0.242 e. The fourth-order valence-corrected chi connectivity index (χ4v) is 1.64. The van der Waals surface area contributed by atoms with Crippen LogP contribution in [0, 0.1) is 0 Å². The van der Waals surface area contributed by atoms with E-state index in [2.05, 4.69) is 5.32 Å². The van der Waals surface area contributed by atoms with Gasteiger partial charge in [-0.1, -0.05) is 13.8 Å². The van der Waals surface area contributed by atoms with E-state index in [1.165, 1.54) is 0 Å². The van der Waals surface area contributed by atoms with E-state index in [4.69, 9.17) is 0 Å². The number of carbonyl (C=O) groups excluding carboxylic acids is 1. The van der Waals surface area contributed by atoms with Crippen LogP contribution in [0.15, 0.2) is 24.5 Å². The molecule has 1 aromatic rings. The highest BCUT2D eigenvalue weighted by Gasteiger charge is 2.24. The quantitative estimate of drug-likeness (QED) is 0.793. The molecule has 0 aliphatic carbocycles. The third-order valence-electron chi connectivity index (χ3n) is 3.36. The van der Waals surface area contributed by atoms with Gasteiger partial charge in [0.2, 0.25) is 5.91 Å². The Balaban J connectivity index is 2.50. The van der Waals surface area contributed by atoms with Crippen molar-refractivity contribution < 1.29 is 9.90 Å². The summed E-state index contributed by atoms with van der Waals surface area (Å²) >= 11 is 0. The maximum absolute atomic E-state index is 11.9. The van der Waals surface area contributed by atoms with Crippen LogP contribution in [-0.2, 0) is 4.79 Å². The highest BCUT2D eigenvalue weighted by Crippen LogP contribution is 2.13. The Morgan fingerprint density at radius 3 is 2.35 bits per heavy atom. The first-order chi connectivity index (χ1) is 8.02. The molecule has 0 aliphatic heterocycles. The molecule has 0 saturated heterocycles. The predicted octanol–water partition coefficient (Wildman–Crippen LogP) is 1.72. The van der Waals surface area contributed by atoms with E-state index in [-0.39, 0.29) is 11.9 Å². The highest BCUT2D eigenvalue weighted by atomic mass is 16.3. The summed E-state index contributed by atoms with van der Waals surface area (Å²) < 4.78 is 1.84. The minimum Gasteiger partial charge on any atom is -0.388 e. The van der Waals surface area contributed by atoms with Gasteiger partial charge >= 0.3 is 0 Å². The van der Waals surface area contributed by atoms with E-state index in [0.717, 1.165) is 0 Å². The SMILES string of the molecule is CCC(O)(CC)CNC(=O)C(C)n1cccc1. The van der Waals surface area contributed by atoms with Crippen LogP contribution in [0.3, 0.4) is 0 Å². The number of hydrogen-bond donors (Lipinski definition) is 2. The van der Waals surface area contributed by atoms with Gasteiger partial charge in [-0.3, -0.25) is 4.79 Å². The lowest BCUT2D eigenvalue weighted by atomic mass is 9.97. The first-order valence-electron chi connectivity index (χ1n) is 6.15. The number of nitrogens with zero attached hydrogens (tertiary/aromatic N) is 1. The van der Waals surface area contributed by atoms with Crippen LogP contribution in [0.25, 0.3) is 0 Å². The van der Waals surface area contributed by atoms with Crippen LogP contribution in [0.1, 0.15) is 39.7 Å². The number of rotatable bonds is 6. The van der Waals surface area contributed by atoms with Gasteiger partial charge in [-0.05, 0) is 31.9 Å². The second-order valence-corrected chi connectivity index (χ2v) is 4.46. The van der Waals surface area contributed by atoms with Gasteiger partial charge in [0, 0.05) is 18.9 Å². The lowest BCUT2D eigenvalue weighted by Gasteiger charge is -2.26. The van der Waals surface area contributed by atoms with Gasteiger partial charge in [0.1, 0.15) is 6.04 Å². The highest BCUT2D eigenvalue weighted by molar-refractivity contribution is 5.79. The van der Waals surface area contributed by atoms with Crippen molar-refractivity contribution in [3.05, 3.63) is 24.5 Å². The Morgan fingerprint density at radius 1 is 1.35 bits per heavy atom. The molecule has 0 bridgehead atoms. The molecule has 1 heterocycles. The Labute approximate surface area is 103 Å². The number of hydrogen-bond acceptors (Lipinski definition) is 2. The molecule has 0 radical (unpaired) electrons. The summed E-state index contributed by atoms with van der Waals surface area (Å²) in [6, 6.07) is 3.53. The van der Waals surface area contributed by atoms with E-state index < -0.39 is 5.60 Å². The van der Waals surface area contributed by atoms with Crippen LogP contribution in [0.5, 0.6) is 0 Å². The van der Waals surface area contributed by atoms with Gasteiger partial charge in [0.05, 0.1) is 5.60 Å². The Bertz CT molecular complexity index is 342. The second kappa shape index (κ2) is 5.87. The van der Waals surface area contributed by atoms with E-state index in [0.29, 0.717) is 19.4 Å². The molecule has 96 valence electrons. The number of nitrogens with one attached hydrogen (secondary N) is 1. The molecule has 2 N–H and O–H groups in total. The Kier molecular flexibility index (Phi) is 4.75. The number of aliphatic hydroxyl groups is 1. The van der Waals surface area contributed by atoms with Crippen molar-refractivity contribution in [1.82, 2.24) is 9.88 Å². The van der Waals surface area contributed by atoms with Gasteiger partial charge in [-0.15, -0.1) is 0 Å². The van der Waals surface area contributed by atoms with Gasteiger partial charge in [-0.25, -0.2) is 0 Å². The molecule has 4 heteroatoms. The van der Waals surface area contributed by atoms with Crippen molar-refractivity contribution in [1.29, 1.82) is 0 Å². The summed E-state index contributed by atoms with van der Waals surface area (Å²) in [7, 11) is 0. The first-order valence-corrected chi connectivity index (χ1v) is 6.15. The molecular formula is C13H22N2O2. The lowest BCUT2D eigenvalue weighted by molar-refractivity contribution is -0.125. The predicted molar refractivity (Wildman–Crippen MR) is 67.7 cm³/mol. The molecule has 0 saturated carbocycles. The third kappa shape index (κ3) is 3.60. The summed E-state index contributed by atoms with van der Waals surface area (Å²) in [5, 5.41) is 12.9. The number of aromatic nitrogens is 1. The molecule has 1 amide bonds. The van der Waals surface area contributed by atoms with Gasteiger partial charge in [0.15, 0.2) is 0 Å². The van der Waals surface area contributed by atoms with Gasteiger partial charge in [0.25, 0.3) is 0 Å². The average Bonchev–Trinajstić information content (AvgIpc) is 2.88. The molecule has 0 spiro atoms. The summed E-state index contributed by atoms with van der Waals surface area (Å²) in [5.41, 5.74) is -0.786. The monoisotopic (exact) mass is 238 g/mol. The molecular weight excluding hydrogens is 216 g/mol. The summed E-state index contributed by atoms with van der Waals surface area (Å²) in [4.78, 5) is 11.9. The zero-order chi connectivity index (χ0) is 12.9. The van der Waals surface area contributed by atoms with Crippen LogP contribution in [0.4, 0.5) is 0 Å². The van der Waals surface area contributed by atoms with Gasteiger partial charge < -0.3 is 15.0 Å². The number of amides is 1. The van der Waals surface area contributed by atoms with Crippen molar-refractivity contribution in [3.8, 4) is 0 Å². The van der Waals surface area contributed by atoms with E-state index in [1.807, 2.05) is 49.9 Å². The summed E-state index contributed by atoms with van der Waals surface area (Å²) in [6.45, 7) is 5.99. The first kappa shape index (κ1) is 13.8. The molecule has 0 aliphatic rings. The maximum atomic E-state index is 11.9. The minimum atomic E-state index is -0.786. The van der Waals surface area contributed by atoms with Crippen molar-refractivity contribution in [2.24, 2.45) is 0 Å². The largest absolute Gasteiger partial charge is 0.388 e. The zero-order valence-corrected chi connectivity index (χ0v) is 10.8. The van der Waals surface area contributed by atoms with Crippen molar-refractivity contribution in [3.63, 3.8) is 0 Å². The lowest BCUT2D eigenvalue weighted by Crippen LogP contribution is -2.43.